The molecule has 1 aromatic heterocycles. The Morgan fingerprint density at radius 3 is 2.50 bits per heavy atom. The molecule has 3 nitrogen and oxygen atoms in total. The summed E-state index contributed by atoms with van der Waals surface area (Å²) in [6.45, 7) is 11.6. The Labute approximate surface area is 102 Å². The van der Waals surface area contributed by atoms with Crippen molar-refractivity contribution in [2.75, 3.05) is 12.3 Å². The van der Waals surface area contributed by atoms with Crippen LogP contribution in [0.15, 0.2) is 9.64 Å². The standard InChI is InChI=1S/C12H22N2OS/c1-8(2)13-6-9(3)7-16-12-14-10(4)11(5)15-12/h8-9,13H,6-7H2,1-5H3. The molecule has 0 aliphatic carbocycles. The quantitative estimate of drug-likeness (QED) is 0.778. The van der Waals surface area contributed by atoms with E-state index in [1.165, 1.54) is 0 Å². The number of oxazole rings is 1. The van der Waals surface area contributed by atoms with Gasteiger partial charge in [-0.15, -0.1) is 0 Å². The highest BCUT2D eigenvalue weighted by molar-refractivity contribution is 7.99. The topological polar surface area (TPSA) is 38.1 Å². The van der Waals surface area contributed by atoms with Gasteiger partial charge >= 0.3 is 0 Å². The maximum absolute atomic E-state index is 5.52. The normalized spacial score (nSPS) is 13.4. The summed E-state index contributed by atoms with van der Waals surface area (Å²) in [5.41, 5.74) is 0.996. The van der Waals surface area contributed by atoms with E-state index >= 15 is 0 Å². The smallest absolute Gasteiger partial charge is 0.256 e. The molecule has 1 N–H and O–H groups in total. The van der Waals surface area contributed by atoms with Crippen LogP contribution in [0.2, 0.25) is 0 Å². The van der Waals surface area contributed by atoms with Crippen molar-refractivity contribution in [2.45, 2.75) is 45.9 Å². The molecule has 0 radical (unpaired) electrons. The van der Waals surface area contributed by atoms with E-state index in [1.54, 1.807) is 11.8 Å². The first-order chi connectivity index (χ1) is 7.49. The summed E-state index contributed by atoms with van der Waals surface area (Å²) in [6, 6.07) is 0.554. The van der Waals surface area contributed by atoms with E-state index in [0.717, 1.165) is 29.0 Å². The Morgan fingerprint density at radius 2 is 2.00 bits per heavy atom. The predicted molar refractivity (Wildman–Crippen MR) is 69.0 cm³/mol. The summed E-state index contributed by atoms with van der Waals surface area (Å²) >= 11 is 1.70. The van der Waals surface area contributed by atoms with Crippen molar-refractivity contribution in [2.24, 2.45) is 5.92 Å². The van der Waals surface area contributed by atoms with Crippen LogP contribution in [0.3, 0.4) is 0 Å². The molecule has 1 atom stereocenters. The summed E-state index contributed by atoms with van der Waals surface area (Å²) in [5, 5.41) is 4.23. The fourth-order valence-corrected chi connectivity index (χ4v) is 2.14. The van der Waals surface area contributed by atoms with Gasteiger partial charge in [-0.1, -0.05) is 32.5 Å². The zero-order valence-electron chi connectivity index (χ0n) is 10.8. The van der Waals surface area contributed by atoms with Gasteiger partial charge in [0.25, 0.3) is 5.22 Å². The summed E-state index contributed by atoms with van der Waals surface area (Å²) in [7, 11) is 0. The number of nitrogens with one attached hydrogen (secondary N) is 1. The third-order valence-corrected chi connectivity index (χ3v) is 3.53. The minimum Gasteiger partial charge on any atom is -0.437 e. The van der Waals surface area contributed by atoms with Crippen LogP contribution in [0.1, 0.15) is 32.2 Å². The van der Waals surface area contributed by atoms with Gasteiger partial charge in [0, 0.05) is 11.8 Å². The van der Waals surface area contributed by atoms with E-state index in [2.05, 4.69) is 31.1 Å². The fraction of sp³-hybridized carbons (Fsp3) is 0.750. The second-order valence-corrected chi connectivity index (χ2v) is 5.57. The number of aryl methyl sites for hydroxylation is 2. The SMILES string of the molecule is Cc1nc(SCC(C)CNC(C)C)oc1C. The maximum atomic E-state index is 5.52. The summed E-state index contributed by atoms with van der Waals surface area (Å²) < 4.78 is 5.52. The predicted octanol–water partition coefficient (Wildman–Crippen LogP) is 3.02. The Balaban J connectivity index is 2.28. The van der Waals surface area contributed by atoms with E-state index in [1.807, 2.05) is 13.8 Å². The van der Waals surface area contributed by atoms with Crippen LogP contribution < -0.4 is 5.32 Å². The first-order valence-corrected chi connectivity index (χ1v) is 6.77. The van der Waals surface area contributed by atoms with Crippen LogP contribution in [0.4, 0.5) is 0 Å². The second-order valence-electron chi connectivity index (χ2n) is 4.60. The van der Waals surface area contributed by atoms with Gasteiger partial charge in [0.1, 0.15) is 5.76 Å². The molecule has 1 unspecified atom stereocenters. The van der Waals surface area contributed by atoms with Crippen LogP contribution in [0.5, 0.6) is 0 Å². The Hall–Kier alpha value is -0.480. The molecule has 0 saturated heterocycles. The minimum absolute atomic E-state index is 0.554. The molecule has 0 spiro atoms. The van der Waals surface area contributed by atoms with E-state index in [4.69, 9.17) is 4.42 Å². The molecule has 1 rings (SSSR count). The van der Waals surface area contributed by atoms with Crippen molar-refractivity contribution in [1.82, 2.24) is 10.3 Å². The van der Waals surface area contributed by atoms with Crippen LogP contribution in [0, 0.1) is 19.8 Å². The lowest BCUT2D eigenvalue weighted by Crippen LogP contribution is -2.28. The number of thioether (sulfide) groups is 1. The van der Waals surface area contributed by atoms with Gasteiger partial charge in [-0.3, -0.25) is 0 Å². The minimum atomic E-state index is 0.554. The van der Waals surface area contributed by atoms with Crippen molar-refractivity contribution in [1.29, 1.82) is 0 Å². The van der Waals surface area contributed by atoms with Gasteiger partial charge in [-0.25, -0.2) is 4.98 Å². The van der Waals surface area contributed by atoms with Crippen LogP contribution in [0.25, 0.3) is 0 Å². The lowest BCUT2D eigenvalue weighted by atomic mass is 10.2. The summed E-state index contributed by atoms with van der Waals surface area (Å²) in [4.78, 5) is 4.35. The molecule has 16 heavy (non-hydrogen) atoms. The van der Waals surface area contributed by atoms with Crippen molar-refractivity contribution in [3.05, 3.63) is 11.5 Å². The molecular weight excluding hydrogens is 220 g/mol. The van der Waals surface area contributed by atoms with Crippen LogP contribution in [-0.4, -0.2) is 23.3 Å². The van der Waals surface area contributed by atoms with E-state index in [9.17, 15) is 0 Å². The number of hydrogen-bond acceptors (Lipinski definition) is 4. The number of aromatic nitrogens is 1. The van der Waals surface area contributed by atoms with Crippen LogP contribution in [-0.2, 0) is 0 Å². The first kappa shape index (κ1) is 13.6. The second kappa shape index (κ2) is 6.30. The third-order valence-electron chi connectivity index (χ3n) is 2.37. The number of nitrogens with zero attached hydrogens (tertiary/aromatic N) is 1. The van der Waals surface area contributed by atoms with E-state index in [0.29, 0.717) is 12.0 Å². The van der Waals surface area contributed by atoms with E-state index < -0.39 is 0 Å². The Morgan fingerprint density at radius 1 is 1.31 bits per heavy atom. The molecule has 1 heterocycles. The first-order valence-electron chi connectivity index (χ1n) is 5.79. The molecule has 0 aromatic carbocycles. The molecule has 0 aliphatic rings. The largest absolute Gasteiger partial charge is 0.437 e. The van der Waals surface area contributed by atoms with Crippen molar-refractivity contribution < 1.29 is 4.42 Å². The van der Waals surface area contributed by atoms with Gasteiger partial charge in [0.05, 0.1) is 5.69 Å². The van der Waals surface area contributed by atoms with Gasteiger partial charge in [-0.05, 0) is 26.3 Å². The van der Waals surface area contributed by atoms with Gasteiger partial charge < -0.3 is 9.73 Å². The zero-order valence-corrected chi connectivity index (χ0v) is 11.6. The van der Waals surface area contributed by atoms with Gasteiger partial charge in [0.15, 0.2) is 0 Å². The Bertz CT molecular complexity index is 303. The van der Waals surface area contributed by atoms with Crippen molar-refractivity contribution >= 4 is 11.8 Å². The highest BCUT2D eigenvalue weighted by Gasteiger charge is 2.09. The average Bonchev–Trinajstić information content (AvgIpc) is 2.52. The zero-order chi connectivity index (χ0) is 12.1. The molecule has 1 aromatic rings. The van der Waals surface area contributed by atoms with Crippen molar-refractivity contribution in [3.63, 3.8) is 0 Å². The maximum Gasteiger partial charge on any atom is 0.256 e. The average molecular weight is 242 g/mol. The molecule has 0 bridgehead atoms. The highest BCUT2D eigenvalue weighted by Crippen LogP contribution is 2.22. The number of hydrogen-bond donors (Lipinski definition) is 1. The number of rotatable bonds is 6. The molecule has 0 aliphatic heterocycles. The molecule has 92 valence electrons. The van der Waals surface area contributed by atoms with E-state index in [-0.39, 0.29) is 0 Å². The monoisotopic (exact) mass is 242 g/mol. The summed E-state index contributed by atoms with van der Waals surface area (Å²) in [6.07, 6.45) is 0. The fourth-order valence-electron chi connectivity index (χ4n) is 1.21. The lowest BCUT2D eigenvalue weighted by Gasteiger charge is -2.13. The van der Waals surface area contributed by atoms with Gasteiger partial charge in [-0.2, -0.15) is 0 Å². The Kier molecular flexibility index (Phi) is 5.35. The molecule has 4 heteroatoms. The molecule has 0 amide bonds. The molecular formula is C12H22N2OS. The highest BCUT2D eigenvalue weighted by atomic mass is 32.2. The molecule has 0 fully saturated rings. The lowest BCUT2D eigenvalue weighted by molar-refractivity contribution is 0.429. The third kappa shape index (κ3) is 4.58. The van der Waals surface area contributed by atoms with Gasteiger partial charge in [0.2, 0.25) is 0 Å². The van der Waals surface area contributed by atoms with Crippen LogP contribution >= 0.6 is 11.8 Å². The summed E-state index contributed by atoms with van der Waals surface area (Å²) in [5.74, 6) is 2.59. The van der Waals surface area contributed by atoms with Crippen molar-refractivity contribution in [3.8, 4) is 0 Å². The molecule has 0 saturated carbocycles.